The van der Waals surface area contributed by atoms with Crippen LogP contribution in [-0.4, -0.2) is 58.4 Å². The third-order valence-corrected chi connectivity index (χ3v) is 4.30. The molecule has 0 saturated heterocycles. The van der Waals surface area contributed by atoms with Crippen LogP contribution in [0.1, 0.15) is 68.3 Å². The number of unbranched alkanes of at least 4 members (excludes halogenated alkanes) is 5. The van der Waals surface area contributed by atoms with Gasteiger partial charge in [-0.15, -0.1) is 0 Å². The standard InChI is InChI=1S/C20H31NO4.2CH3.Sn/c1-4-6-7-8-9-10-13-25-15-19(22)21(3)18-14-16(5-2)11-12-17(18)20(23)24;;;/h11-12,14H,4-10,13,15H2,1-3H3,(H,23,24);2*1H3;. The van der Waals surface area contributed by atoms with Crippen LogP contribution < -0.4 is 4.90 Å². The maximum atomic E-state index is 12.3. The molecule has 0 bridgehead atoms. The summed E-state index contributed by atoms with van der Waals surface area (Å²) in [4.78, 5) is 29.7. The number of carboxylic acids is 1. The SMILES string of the molecule is CCCCCCCCOCC(=O)N(C)c1cc(CC)ccc1C(=O)O.[CH3][Sn][CH3]. The van der Waals surface area contributed by atoms with Crippen molar-refractivity contribution >= 4 is 38.7 Å². The van der Waals surface area contributed by atoms with E-state index in [4.69, 9.17) is 4.74 Å². The first-order valence-electron chi connectivity index (χ1n) is 10.2. The number of benzene rings is 1. The van der Waals surface area contributed by atoms with E-state index in [2.05, 4.69) is 16.8 Å². The number of likely N-dealkylation sites (N-methyl/N-ethyl adjacent to an activating group) is 1. The minimum absolute atomic E-state index is 0.0269. The number of hydrogen-bond donors (Lipinski definition) is 1. The summed E-state index contributed by atoms with van der Waals surface area (Å²) in [5.41, 5.74) is 1.54. The van der Waals surface area contributed by atoms with E-state index in [-0.39, 0.29) is 39.2 Å². The van der Waals surface area contributed by atoms with Crippen LogP contribution >= 0.6 is 0 Å². The van der Waals surface area contributed by atoms with Crippen molar-refractivity contribution in [3.63, 3.8) is 0 Å². The Hall–Kier alpha value is -1.08. The zero-order valence-corrected chi connectivity index (χ0v) is 21.1. The Morgan fingerprint density at radius 1 is 1.07 bits per heavy atom. The molecular weight excluding hydrogens is 461 g/mol. The fourth-order valence-electron chi connectivity index (χ4n) is 2.63. The Morgan fingerprint density at radius 2 is 1.68 bits per heavy atom. The summed E-state index contributed by atoms with van der Waals surface area (Å²) in [5.74, 6) is -1.27. The van der Waals surface area contributed by atoms with Gasteiger partial charge in [-0.3, -0.25) is 4.79 Å². The number of amides is 1. The number of ether oxygens (including phenoxy) is 1. The maximum absolute atomic E-state index is 12.3. The number of carbonyl (C=O) groups excluding carboxylic acids is 1. The molecule has 1 rings (SSSR count). The molecule has 0 unspecified atom stereocenters. The first-order valence-corrected chi connectivity index (χ1v) is 15.9. The number of carboxylic acid groups (broad SMARTS) is 1. The number of hydrogen-bond acceptors (Lipinski definition) is 3. The second-order valence-corrected chi connectivity index (χ2v) is 9.64. The molecule has 0 atom stereocenters. The van der Waals surface area contributed by atoms with Crippen LogP contribution in [0.5, 0.6) is 0 Å². The van der Waals surface area contributed by atoms with Crippen molar-refractivity contribution in [2.45, 2.75) is 68.7 Å². The molecule has 0 saturated carbocycles. The molecule has 0 spiro atoms. The topological polar surface area (TPSA) is 66.8 Å². The van der Waals surface area contributed by atoms with Crippen LogP contribution in [-0.2, 0) is 16.0 Å². The van der Waals surface area contributed by atoms with Crippen LogP contribution in [0, 0.1) is 0 Å². The number of carbonyl (C=O) groups is 2. The van der Waals surface area contributed by atoms with Gasteiger partial charge in [-0.1, -0.05) is 52.0 Å². The van der Waals surface area contributed by atoms with Crippen molar-refractivity contribution in [1.29, 1.82) is 0 Å². The van der Waals surface area contributed by atoms with E-state index in [1.807, 2.05) is 6.92 Å². The normalized spacial score (nSPS) is 10.2. The van der Waals surface area contributed by atoms with Crippen LogP contribution in [0.3, 0.4) is 0 Å². The number of aryl methyl sites for hydroxylation is 1. The Balaban J connectivity index is 0.00000227. The van der Waals surface area contributed by atoms with Crippen molar-refractivity contribution < 1.29 is 19.4 Å². The molecule has 0 aliphatic heterocycles. The Morgan fingerprint density at radius 3 is 2.25 bits per heavy atom. The molecular formula is C22H37NO4Sn. The van der Waals surface area contributed by atoms with Gasteiger partial charge in [0, 0.05) is 13.7 Å². The van der Waals surface area contributed by atoms with Gasteiger partial charge in [0.05, 0.1) is 11.3 Å². The number of rotatable bonds is 12. The quantitative estimate of drug-likeness (QED) is 0.323. The third-order valence-electron chi connectivity index (χ3n) is 4.30. The second-order valence-electron chi connectivity index (χ2n) is 6.78. The Labute approximate surface area is 181 Å². The van der Waals surface area contributed by atoms with E-state index < -0.39 is 5.97 Å². The fraction of sp³-hybridized carbons (Fsp3) is 0.636. The van der Waals surface area contributed by atoms with E-state index in [0.29, 0.717) is 12.3 Å². The second kappa shape index (κ2) is 16.8. The predicted molar refractivity (Wildman–Crippen MR) is 118 cm³/mol. The summed E-state index contributed by atoms with van der Waals surface area (Å²) in [5, 5.41) is 9.33. The van der Waals surface area contributed by atoms with Gasteiger partial charge in [-0.2, -0.15) is 0 Å². The summed E-state index contributed by atoms with van der Waals surface area (Å²) in [6.45, 7) is 4.72. The van der Waals surface area contributed by atoms with Crippen LogP contribution in [0.25, 0.3) is 0 Å². The third kappa shape index (κ3) is 11.0. The zero-order chi connectivity index (χ0) is 21.4. The first kappa shape index (κ1) is 26.9. The molecule has 0 fully saturated rings. The summed E-state index contributed by atoms with van der Waals surface area (Å²) in [6.07, 6.45) is 7.81. The fourth-order valence-corrected chi connectivity index (χ4v) is 2.63. The van der Waals surface area contributed by atoms with Crippen molar-refractivity contribution in [3.8, 4) is 0 Å². The van der Waals surface area contributed by atoms with Gasteiger partial charge in [0.25, 0.3) is 5.91 Å². The van der Waals surface area contributed by atoms with Gasteiger partial charge in [-0.05, 0) is 30.5 Å². The van der Waals surface area contributed by atoms with Crippen molar-refractivity contribution in [3.05, 3.63) is 29.3 Å². The molecule has 1 amide bonds. The van der Waals surface area contributed by atoms with Crippen LogP contribution in [0.15, 0.2) is 18.2 Å². The molecule has 0 aromatic heterocycles. The first-order chi connectivity index (χ1) is 13.4. The van der Waals surface area contributed by atoms with E-state index in [9.17, 15) is 14.7 Å². The Bertz CT molecular complexity index is 578. The molecule has 0 heterocycles. The molecule has 158 valence electrons. The van der Waals surface area contributed by atoms with Gasteiger partial charge >= 0.3 is 37.0 Å². The summed E-state index contributed by atoms with van der Waals surface area (Å²) < 4.78 is 5.46. The summed E-state index contributed by atoms with van der Waals surface area (Å²) >= 11 is 0.230. The molecule has 2 radical (unpaired) electrons. The van der Waals surface area contributed by atoms with Crippen molar-refractivity contribution in [2.24, 2.45) is 0 Å². The summed E-state index contributed by atoms with van der Waals surface area (Å²) in [7, 11) is 1.59. The predicted octanol–water partition coefficient (Wildman–Crippen LogP) is 5.07. The van der Waals surface area contributed by atoms with Crippen LogP contribution in [0.4, 0.5) is 5.69 Å². The Kier molecular flexibility index (Phi) is 16.2. The average Bonchev–Trinajstić information content (AvgIpc) is 2.69. The van der Waals surface area contributed by atoms with Gasteiger partial charge < -0.3 is 14.7 Å². The van der Waals surface area contributed by atoms with Crippen molar-refractivity contribution in [2.75, 3.05) is 25.2 Å². The van der Waals surface area contributed by atoms with Gasteiger partial charge in [0.1, 0.15) is 6.61 Å². The number of anilines is 1. The van der Waals surface area contributed by atoms with E-state index in [1.54, 1.807) is 25.2 Å². The molecule has 1 N–H and O–H groups in total. The van der Waals surface area contributed by atoms with Gasteiger partial charge in [0.2, 0.25) is 0 Å². The zero-order valence-electron chi connectivity index (χ0n) is 18.2. The average molecular weight is 498 g/mol. The monoisotopic (exact) mass is 499 g/mol. The summed E-state index contributed by atoms with van der Waals surface area (Å²) in [6, 6.07) is 5.09. The molecule has 0 aliphatic rings. The molecule has 1 aromatic rings. The molecule has 0 aliphatic carbocycles. The molecule has 1 aromatic carbocycles. The van der Waals surface area contributed by atoms with E-state index in [1.165, 1.54) is 30.6 Å². The number of nitrogens with zero attached hydrogens (tertiary/aromatic N) is 1. The van der Waals surface area contributed by atoms with Gasteiger partial charge in [-0.25, -0.2) is 4.79 Å². The molecule has 6 heteroatoms. The van der Waals surface area contributed by atoms with E-state index >= 15 is 0 Å². The van der Waals surface area contributed by atoms with Crippen LogP contribution in [0.2, 0.25) is 9.88 Å². The van der Waals surface area contributed by atoms with E-state index in [0.717, 1.165) is 24.8 Å². The minimum atomic E-state index is -1.04. The molecule has 28 heavy (non-hydrogen) atoms. The molecule has 5 nitrogen and oxygen atoms in total. The number of aromatic carboxylic acids is 1. The van der Waals surface area contributed by atoms with Gasteiger partial charge in [0.15, 0.2) is 0 Å². The van der Waals surface area contributed by atoms with Crippen molar-refractivity contribution in [1.82, 2.24) is 0 Å².